The number of halogens is 1. The maximum atomic E-state index is 12.6. The maximum absolute atomic E-state index is 12.6. The van der Waals surface area contributed by atoms with Crippen LogP contribution in [-0.2, 0) is 17.9 Å². The predicted molar refractivity (Wildman–Crippen MR) is 85.9 cm³/mol. The lowest BCUT2D eigenvalue weighted by molar-refractivity contribution is -0.120. The molecule has 4 nitrogen and oxygen atoms in total. The molecule has 1 aliphatic rings. The Morgan fingerprint density at radius 3 is 2.90 bits per heavy atom. The van der Waals surface area contributed by atoms with Crippen LogP contribution >= 0.6 is 15.9 Å². The average molecular weight is 346 g/mol. The van der Waals surface area contributed by atoms with Gasteiger partial charge in [0.25, 0.3) is 0 Å². The lowest BCUT2D eigenvalue weighted by atomic mass is 10.1. The molecule has 1 unspecified atom stereocenters. The molecule has 0 bridgehead atoms. The van der Waals surface area contributed by atoms with Crippen molar-refractivity contribution in [2.45, 2.75) is 26.1 Å². The van der Waals surface area contributed by atoms with Crippen LogP contribution in [0.15, 0.2) is 47.1 Å². The van der Waals surface area contributed by atoms with Crippen LogP contribution in [0.25, 0.3) is 0 Å². The number of hydrogen-bond acceptors (Lipinski definition) is 3. The number of amides is 1. The van der Waals surface area contributed by atoms with Gasteiger partial charge in [-0.2, -0.15) is 0 Å². The van der Waals surface area contributed by atoms with E-state index in [0.717, 1.165) is 21.4 Å². The summed E-state index contributed by atoms with van der Waals surface area (Å²) in [6.45, 7) is 3.08. The van der Waals surface area contributed by atoms with E-state index in [2.05, 4.69) is 32.3 Å². The zero-order valence-electron chi connectivity index (χ0n) is 11.7. The summed E-state index contributed by atoms with van der Waals surface area (Å²) >= 11 is 3.38. The minimum Gasteiger partial charge on any atom is -0.305 e. The zero-order chi connectivity index (χ0) is 14.8. The third-order valence-corrected chi connectivity index (χ3v) is 4.10. The number of anilines is 1. The fourth-order valence-electron chi connectivity index (χ4n) is 2.45. The van der Waals surface area contributed by atoms with E-state index in [1.807, 2.05) is 42.2 Å². The standard InChI is InChI=1S/C16H16BrN3O/c1-11-16(21)20(10-14-7-6-13(17)9-19-14)15-5-3-2-4-12(15)8-18-11/h2-7,9,11,18H,8,10H2,1H3. The number of pyridine rings is 1. The van der Waals surface area contributed by atoms with Gasteiger partial charge in [0.1, 0.15) is 0 Å². The Hall–Kier alpha value is -1.72. The van der Waals surface area contributed by atoms with Crippen LogP contribution in [-0.4, -0.2) is 16.9 Å². The average Bonchev–Trinajstić information content (AvgIpc) is 2.62. The second-order valence-electron chi connectivity index (χ2n) is 5.12. The summed E-state index contributed by atoms with van der Waals surface area (Å²) in [5, 5.41) is 3.26. The molecule has 0 spiro atoms. The summed E-state index contributed by atoms with van der Waals surface area (Å²) in [4.78, 5) is 18.8. The number of aromatic nitrogens is 1. The third kappa shape index (κ3) is 2.99. The second kappa shape index (κ2) is 5.95. The monoisotopic (exact) mass is 345 g/mol. The molecule has 21 heavy (non-hydrogen) atoms. The van der Waals surface area contributed by atoms with E-state index in [0.29, 0.717) is 13.1 Å². The number of nitrogens with one attached hydrogen (secondary N) is 1. The molecule has 0 aliphatic carbocycles. The number of carbonyl (C=O) groups excluding carboxylic acids is 1. The summed E-state index contributed by atoms with van der Waals surface area (Å²) < 4.78 is 0.934. The van der Waals surface area contributed by atoms with E-state index < -0.39 is 0 Å². The molecule has 5 heteroatoms. The van der Waals surface area contributed by atoms with Crippen LogP contribution in [0.2, 0.25) is 0 Å². The predicted octanol–water partition coefficient (Wildman–Crippen LogP) is 2.87. The molecule has 3 rings (SSSR count). The highest BCUT2D eigenvalue weighted by Crippen LogP contribution is 2.25. The minimum atomic E-state index is -0.201. The number of carbonyl (C=O) groups is 1. The van der Waals surface area contributed by atoms with Gasteiger partial charge in [-0.15, -0.1) is 0 Å². The van der Waals surface area contributed by atoms with E-state index in [9.17, 15) is 4.79 Å². The Bertz CT molecular complexity index is 657. The van der Waals surface area contributed by atoms with E-state index in [4.69, 9.17) is 0 Å². The highest BCUT2D eigenvalue weighted by molar-refractivity contribution is 9.10. The van der Waals surface area contributed by atoms with Crippen LogP contribution in [0.3, 0.4) is 0 Å². The molecule has 1 aromatic heterocycles. The van der Waals surface area contributed by atoms with Crippen molar-refractivity contribution in [3.05, 3.63) is 58.3 Å². The minimum absolute atomic E-state index is 0.0738. The number of hydrogen-bond donors (Lipinski definition) is 1. The van der Waals surface area contributed by atoms with Gasteiger partial charge in [0.05, 0.1) is 18.3 Å². The van der Waals surface area contributed by atoms with E-state index in [1.54, 1.807) is 6.20 Å². The molecule has 108 valence electrons. The summed E-state index contributed by atoms with van der Waals surface area (Å²) in [7, 11) is 0. The van der Waals surface area contributed by atoms with Gasteiger partial charge < -0.3 is 10.2 Å². The number of benzene rings is 1. The number of nitrogens with zero attached hydrogens (tertiary/aromatic N) is 2. The van der Waals surface area contributed by atoms with Gasteiger partial charge in [0.15, 0.2) is 0 Å². The van der Waals surface area contributed by atoms with Crippen molar-refractivity contribution in [3.8, 4) is 0 Å². The van der Waals surface area contributed by atoms with Gasteiger partial charge in [0.2, 0.25) is 5.91 Å². The molecule has 0 fully saturated rings. The van der Waals surface area contributed by atoms with Gasteiger partial charge in [-0.1, -0.05) is 18.2 Å². The number of para-hydroxylation sites is 1. The molecule has 1 amide bonds. The molecule has 2 heterocycles. The summed E-state index contributed by atoms with van der Waals surface area (Å²) in [6, 6.07) is 11.7. The first-order chi connectivity index (χ1) is 10.1. The molecule has 1 atom stereocenters. The quantitative estimate of drug-likeness (QED) is 0.910. The van der Waals surface area contributed by atoms with Crippen molar-refractivity contribution in [3.63, 3.8) is 0 Å². The van der Waals surface area contributed by atoms with Gasteiger partial charge >= 0.3 is 0 Å². The lowest BCUT2D eigenvalue weighted by Gasteiger charge is -2.24. The Balaban J connectivity index is 1.97. The number of rotatable bonds is 2. The first-order valence-electron chi connectivity index (χ1n) is 6.88. The third-order valence-electron chi connectivity index (χ3n) is 3.63. The van der Waals surface area contributed by atoms with E-state index in [1.165, 1.54) is 0 Å². The van der Waals surface area contributed by atoms with Crippen molar-refractivity contribution in [1.82, 2.24) is 10.3 Å². The van der Waals surface area contributed by atoms with Gasteiger partial charge in [-0.3, -0.25) is 9.78 Å². The molecule has 0 saturated heterocycles. The van der Waals surface area contributed by atoms with Crippen LogP contribution in [0, 0.1) is 0 Å². The fourth-order valence-corrected chi connectivity index (χ4v) is 2.69. The van der Waals surface area contributed by atoms with E-state index >= 15 is 0 Å². The Morgan fingerprint density at radius 1 is 1.33 bits per heavy atom. The van der Waals surface area contributed by atoms with Crippen molar-refractivity contribution >= 4 is 27.5 Å². The molecule has 0 saturated carbocycles. The van der Waals surface area contributed by atoms with Crippen molar-refractivity contribution in [2.24, 2.45) is 0 Å². The first-order valence-corrected chi connectivity index (χ1v) is 7.67. The normalized spacial score (nSPS) is 18.3. The SMILES string of the molecule is CC1NCc2ccccc2N(Cc2ccc(Br)cn2)C1=O. The molecule has 0 radical (unpaired) electrons. The fraction of sp³-hybridized carbons (Fsp3) is 0.250. The van der Waals surface area contributed by atoms with Crippen LogP contribution in [0.4, 0.5) is 5.69 Å². The smallest absolute Gasteiger partial charge is 0.244 e. The summed E-state index contributed by atoms with van der Waals surface area (Å²) in [5.74, 6) is 0.0738. The topological polar surface area (TPSA) is 45.2 Å². The zero-order valence-corrected chi connectivity index (χ0v) is 13.3. The molecule has 1 aliphatic heterocycles. The summed E-state index contributed by atoms with van der Waals surface area (Å²) in [6.07, 6.45) is 1.76. The van der Waals surface area contributed by atoms with Crippen molar-refractivity contribution < 1.29 is 4.79 Å². The Labute approximate surface area is 132 Å². The summed E-state index contributed by atoms with van der Waals surface area (Å²) in [5.41, 5.74) is 2.96. The highest BCUT2D eigenvalue weighted by Gasteiger charge is 2.27. The van der Waals surface area contributed by atoms with Gasteiger partial charge in [0, 0.05) is 22.9 Å². The highest BCUT2D eigenvalue weighted by atomic mass is 79.9. The molecule has 1 aromatic carbocycles. The molecular formula is C16H16BrN3O. The molecular weight excluding hydrogens is 330 g/mol. The van der Waals surface area contributed by atoms with Crippen molar-refractivity contribution in [1.29, 1.82) is 0 Å². The molecule has 1 N–H and O–H groups in total. The lowest BCUT2D eigenvalue weighted by Crippen LogP contribution is -2.42. The van der Waals surface area contributed by atoms with Gasteiger partial charge in [-0.05, 0) is 46.6 Å². The Kier molecular flexibility index (Phi) is 4.03. The van der Waals surface area contributed by atoms with Crippen molar-refractivity contribution in [2.75, 3.05) is 4.90 Å². The first kappa shape index (κ1) is 14.2. The second-order valence-corrected chi connectivity index (χ2v) is 6.04. The number of fused-ring (bicyclic) bond motifs is 1. The van der Waals surface area contributed by atoms with Gasteiger partial charge in [-0.25, -0.2) is 0 Å². The van der Waals surface area contributed by atoms with Crippen LogP contribution < -0.4 is 10.2 Å². The largest absolute Gasteiger partial charge is 0.305 e. The molecule has 2 aromatic rings. The van der Waals surface area contributed by atoms with Crippen LogP contribution in [0.1, 0.15) is 18.2 Å². The van der Waals surface area contributed by atoms with E-state index in [-0.39, 0.29) is 11.9 Å². The van der Waals surface area contributed by atoms with Crippen LogP contribution in [0.5, 0.6) is 0 Å². The maximum Gasteiger partial charge on any atom is 0.244 e. The Morgan fingerprint density at radius 2 is 2.14 bits per heavy atom.